The van der Waals surface area contributed by atoms with Gasteiger partial charge in [0.15, 0.2) is 0 Å². The van der Waals surface area contributed by atoms with Crippen molar-refractivity contribution in [3.05, 3.63) is 0 Å². The Hall–Kier alpha value is -0.690. The van der Waals surface area contributed by atoms with Crippen LogP contribution in [0.4, 0.5) is 0 Å². The molecular formula is C13H27N3O3. The van der Waals surface area contributed by atoms with Crippen molar-refractivity contribution in [1.29, 1.82) is 0 Å². The Bertz CT molecular complexity index is 245. The van der Waals surface area contributed by atoms with Crippen molar-refractivity contribution >= 4 is 5.91 Å². The molecule has 0 aromatic rings. The largest absolute Gasteiger partial charge is 0.385 e. The van der Waals surface area contributed by atoms with E-state index in [0.29, 0.717) is 13.2 Å². The summed E-state index contributed by atoms with van der Waals surface area (Å²) in [6, 6.07) is 0. The van der Waals surface area contributed by atoms with Gasteiger partial charge in [0, 0.05) is 60.1 Å². The summed E-state index contributed by atoms with van der Waals surface area (Å²) in [6.07, 6.45) is 0.940. The highest BCUT2D eigenvalue weighted by Crippen LogP contribution is 1.99. The lowest BCUT2D eigenvalue weighted by Crippen LogP contribution is -2.50. The van der Waals surface area contributed by atoms with E-state index in [1.807, 2.05) is 4.90 Å². The first-order chi connectivity index (χ1) is 9.27. The minimum absolute atomic E-state index is 0.218. The fourth-order valence-corrected chi connectivity index (χ4v) is 2.13. The molecule has 0 saturated carbocycles. The van der Waals surface area contributed by atoms with E-state index in [2.05, 4.69) is 10.2 Å². The molecule has 1 N–H and O–H groups in total. The number of carbonyl (C=O) groups is 1. The number of nitrogens with one attached hydrogen (secondary N) is 1. The van der Waals surface area contributed by atoms with Crippen LogP contribution in [0.5, 0.6) is 0 Å². The van der Waals surface area contributed by atoms with E-state index in [-0.39, 0.29) is 5.91 Å². The fraction of sp³-hybridized carbons (Fsp3) is 0.923. The zero-order valence-corrected chi connectivity index (χ0v) is 12.2. The van der Waals surface area contributed by atoms with E-state index >= 15 is 0 Å². The molecule has 1 rings (SSSR count). The van der Waals surface area contributed by atoms with Gasteiger partial charge in [0.1, 0.15) is 0 Å². The van der Waals surface area contributed by atoms with Gasteiger partial charge in [0.05, 0.1) is 13.2 Å². The van der Waals surface area contributed by atoms with Crippen molar-refractivity contribution in [3.8, 4) is 0 Å². The summed E-state index contributed by atoms with van der Waals surface area (Å²) in [5.74, 6) is 0.218. The van der Waals surface area contributed by atoms with Crippen LogP contribution in [0.1, 0.15) is 6.42 Å². The van der Waals surface area contributed by atoms with E-state index in [9.17, 15) is 4.79 Å². The number of nitrogens with zero attached hydrogens (tertiary/aromatic N) is 2. The molecular weight excluding hydrogens is 246 g/mol. The summed E-state index contributed by atoms with van der Waals surface area (Å²) in [7, 11) is 3.39. The van der Waals surface area contributed by atoms with Crippen molar-refractivity contribution in [2.45, 2.75) is 6.42 Å². The molecule has 1 amide bonds. The smallest absolute Gasteiger partial charge is 0.236 e. The second kappa shape index (κ2) is 10.1. The van der Waals surface area contributed by atoms with E-state index in [4.69, 9.17) is 9.47 Å². The van der Waals surface area contributed by atoms with Crippen LogP contribution in [0.3, 0.4) is 0 Å². The molecule has 0 atom stereocenters. The standard InChI is InChI=1S/C13H27N3O3/c1-18-10-3-6-15(9-11-19-2)12-13(17)16-7-4-14-5-8-16/h14H,3-12H2,1-2H3. The quantitative estimate of drug-likeness (QED) is 0.569. The molecule has 0 unspecified atom stereocenters. The fourth-order valence-electron chi connectivity index (χ4n) is 2.13. The molecule has 1 heterocycles. The van der Waals surface area contributed by atoms with Gasteiger partial charge in [0.2, 0.25) is 5.91 Å². The number of hydrogen-bond acceptors (Lipinski definition) is 5. The van der Waals surface area contributed by atoms with Crippen LogP contribution in [-0.2, 0) is 14.3 Å². The topological polar surface area (TPSA) is 54.0 Å². The molecule has 0 aromatic carbocycles. The monoisotopic (exact) mass is 273 g/mol. The molecule has 1 saturated heterocycles. The molecule has 19 heavy (non-hydrogen) atoms. The number of carbonyl (C=O) groups excluding carboxylic acids is 1. The van der Waals surface area contributed by atoms with E-state index in [1.165, 1.54) is 0 Å². The van der Waals surface area contributed by atoms with Crippen molar-refractivity contribution in [1.82, 2.24) is 15.1 Å². The SMILES string of the molecule is COCCCN(CCOC)CC(=O)N1CCNCC1. The third kappa shape index (κ3) is 6.87. The number of hydrogen-bond donors (Lipinski definition) is 1. The maximum absolute atomic E-state index is 12.2. The summed E-state index contributed by atoms with van der Waals surface area (Å²) in [4.78, 5) is 16.3. The van der Waals surface area contributed by atoms with Crippen molar-refractivity contribution < 1.29 is 14.3 Å². The van der Waals surface area contributed by atoms with Crippen LogP contribution in [0.15, 0.2) is 0 Å². The molecule has 1 aliphatic heterocycles. The molecule has 6 nitrogen and oxygen atoms in total. The van der Waals surface area contributed by atoms with Gasteiger partial charge in [-0.05, 0) is 6.42 Å². The average molecular weight is 273 g/mol. The van der Waals surface area contributed by atoms with Crippen LogP contribution < -0.4 is 5.32 Å². The highest BCUT2D eigenvalue weighted by molar-refractivity contribution is 5.78. The minimum Gasteiger partial charge on any atom is -0.385 e. The zero-order chi connectivity index (χ0) is 13.9. The van der Waals surface area contributed by atoms with Gasteiger partial charge in [-0.3, -0.25) is 9.69 Å². The van der Waals surface area contributed by atoms with Crippen molar-refractivity contribution in [3.63, 3.8) is 0 Å². The van der Waals surface area contributed by atoms with Gasteiger partial charge < -0.3 is 19.7 Å². The predicted molar refractivity (Wildman–Crippen MR) is 74.3 cm³/mol. The van der Waals surface area contributed by atoms with E-state index in [1.54, 1.807) is 14.2 Å². The Morgan fingerprint density at radius 3 is 2.47 bits per heavy atom. The highest BCUT2D eigenvalue weighted by Gasteiger charge is 2.18. The van der Waals surface area contributed by atoms with Gasteiger partial charge >= 0.3 is 0 Å². The number of ether oxygens (including phenoxy) is 2. The molecule has 1 fully saturated rings. The summed E-state index contributed by atoms with van der Waals surface area (Å²) >= 11 is 0. The normalized spacial score (nSPS) is 16.1. The second-order valence-electron chi connectivity index (χ2n) is 4.75. The second-order valence-corrected chi connectivity index (χ2v) is 4.75. The van der Waals surface area contributed by atoms with Crippen molar-refractivity contribution in [2.24, 2.45) is 0 Å². The number of rotatable bonds is 9. The van der Waals surface area contributed by atoms with Crippen LogP contribution >= 0.6 is 0 Å². The van der Waals surface area contributed by atoms with Gasteiger partial charge in [-0.25, -0.2) is 0 Å². The Kier molecular flexibility index (Phi) is 8.73. The Morgan fingerprint density at radius 1 is 1.16 bits per heavy atom. The van der Waals surface area contributed by atoms with Crippen LogP contribution in [0.2, 0.25) is 0 Å². The Morgan fingerprint density at radius 2 is 1.84 bits per heavy atom. The first-order valence-corrected chi connectivity index (χ1v) is 6.96. The number of methoxy groups -OCH3 is 2. The molecule has 0 bridgehead atoms. The molecule has 112 valence electrons. The third-order valence-corrected chi connectivity index (χ3v) is 3.26. The number of amides is 1. The lowest BCUT2D eigenvalue weighted by Gasteiger charge is -2.30. The maximum Gasteiger partial charge on any atom is 0.236 e. The zero-order valence-electron chi connectivity index (χ0n) is 12.2. The van der Waals surface area contributed by atoms with Gasteiger partial charge in [-0.2, -0.15) is 0 Å². The molecule has 1 aliphatic rings. The van der Waals surface area contributed by atoms with Crippen LogP contribution in [-0.4, -0.2) is 89.0 Å². The highest BCUT2D eigenvalue weighted by atomic mass is 16.5. The molecule has 6 heteroatoms. The molecule has 0 spiro atoms. The summed E-state index contributed by atoms with van der Waals surface area (Å²) in [5.41, 5.74) is 0. The van der Waals surface area contributed by atoms with Gasteiger partial charge in [-0.15, -0.1) is 0 Å². The Balaban J connectivity index is 2.33. The third-order valence-electron chi connectivity index (χ3n) is 3.26. The number of piperazine rings is 1. The van der Waals surface area contributed by atoms with Crippen molar-refractivity contribution in [2.75, 3.05) is 73.2 Å². The van der Waals surface area contributed by atoms with Crippen LogP contribution in [0, 0.1) is 0 Å². The molecule has 0 radical (unpaired) electrons. The molecule has 0 aliphatic carbocycles. The lowest BCUT2D eigenvalue weighted by atomic mass is 10.3. The van der Waals surface area contributed by atoms with E-state index < -0.39 is 0 Å². The predicted octanol–water partition coefficient (Wildman–Crippen LogP) is -0.597. The van der Waals surface area contributed by atoms with Gasteiger partial charge in [0.25, 0.3) is 0 Å². The Labute approximate surface area is 116 Å². The molecule has 0 aromatic heterocycles. The summed E-state index contributed by atoms with van der Waals surface area (Å²) in [5, 5.41) is 3.26. The average Bonchev–Trinajstić information content (AvgIpc) is 2.45. The summed E-state index contributed by atoms with van der Waals surface area (Å²) < 4.78 is 10.2. The first kappa shape index (κ1) is 16.4. The summed E-state index contributed by atoms with van der Waals surface area (Å²) in [6.45, 7) is 6.94. The maximum atomic E-state index is 12.2. The van der Waals surface area contributed by atoms with Crippen LogP contribution in [0.25, 0.3) is 0 Å². The lowest BCUT2D eigenvalue weighted by molar-refractivity contribution is -0.133. The first-order valence-electron chi connectivity index (χ1n) is 6.96. The van der Waals surface area contributed by atoms with Gasteiger partial charge in [-0.1, -0.05) is 0 Å². The minimum atomic E-state index is 0.218. The van der Waals surface area contributed by atoms with E-state index in [0.717, 1.165) is 52.3 Å².